The van der Waals surface area contributed by atoms with Crippen molar-refractivity contribution in [2.75, 3.05) is 6.61 Å². The van der Waals surface area contributed by atoms with E-state index in [1.807, 2.05) is 30.3 Å². The van der Waals surface area contributed by atoms with Gasteiger partial charge in [-0.3, -0.25) is 4.79 Å². The van der Waals surface area contributed by atoms with Crippen LogP contribution < -0.4 is 0 Å². The molecule has 0 heterocycles. The molecule has 0 spiro atoms. The molecule has 0 amide bonds. The summed E-state index contributed by atoms with van der Waals surface area (Å²) < 4.78 is 5.37. The minimum absolute atomic E-state index is 0.107. The Hall–Kier alpha value is -1.31. The topological polar surface area (TPSA) is 26.3 Å². The third kappa shape index (κ3) is 8.86. The molecule has 1 aromatic carbocycles. The highest BCUT2D eigenvalue weighted by Crippen LogP contribution is 2.21. The molecule has 0 saturated heterocycles. The number of benzene rings is 1. The van der Waals surface area contributed by atoms with E-state index < -0.39 is 0 Å². The van der Waals surface area contributed by atoms with Crippen LogP contribution in [0.5, 0.6) is 0 Å². The van der Waals surface area contributed by atoms with Crippen LogP contribution in [-0.4, -0.2) is 12.6 Å². The van der Waals surface area contributed by atoms with Crippen LogP contribution in [0.25, 0.3) is 0 Å². The third-order valence-corrected chi connectivity index (χ3v) is 4.14. The van der Waals surface area contributed by atoms with E-state index in [1.54, 1.807) is 0 Å². The molecule has 2 heteroatoms. The molecule has 0 saturated carbocycles. The van der Waals surface area contributed by atoms with Crippen LogP contribution in [-0.2, 0) is 16.0 Å². The van der Waals surface area contributed by atoms with Crippen LogP contribution in [0.15, 0.2) is 30.3 Å². The van der Waals surface area contributed by atoms with Crippen molar-refractivity contribution in [1.82, 2.24) is 0 Å². The molecule has 0 aliphatic carbocycles. The molecule has 2 nitrogen and oxygen atoms in total. The van der Waals surface area contributed by atoms with Gasteiger partial charge < -0.3 is 4.74 Å². The summed E-state index contributed by atoms with van der Waals surface area (Å²) in [5.41, 5.74) is 1.02. The van der Waals surface area contributed by atoms with E-state index >= 15 is 0 Å². The van der Waals surface area contributed by atoms with Crippen LogP contribution in [0, 0.1) is 5.92 Å². The molecule has 0 aromatic heterocycles. The lowest BCUT2D eigenvalue weighted by molar-refractivity contribution is -0.143. The van der Waals surface area contributed by atoms with Crippen molar-refractivity contribution >= 4 is 5.97 Å². The van der Waals surface area contributed by atoms with Gasteiger partial charge in [0.1, 0.15) is 0 Å². The summed E-state index contributed by atoms with van der Waals surface area (Å²) >= 11 is 0. The molecule has 0 fully saturated rings. The van der Waals surface area contributed by atoms with Crippen molar-refractivity contribution in [3.8, 4) is 0 Å². The Balaban J connectivity index is 2.17. The van der Waals surface area contributed by atoms with Crippen molar-refractivity contribution in [2.45, 2.75) is 71.6 Å². The van der Waals surface area contributed by atoms with Gasteiger partial charge in [0.2, 0.25) is 0 Å². The second kappa shape index (κ2) is 12.3. The number of ether oxygens (including phenoxy) is 1. The Bertz CT molecular complexity index is 378. The summed E-state index contributed by atoms with van der Waals surface area (Å²) in [6, 6.07) is 9.80. The van der Waals surface area contributed by atoms with Crippen molar-refractivity contribution in [2.24, 2.45) is 5.92 Å². The Morgan fingerprint density at radius 1 is 0.955 bits per heavy atom. The van der Waals surface area contributed by atoms with Crippen LogP contribution in [0.3, 0.4) is 0 Å². The average molecular weight is 304 g/mol. The van der Waals surface area contributed by atoms with Gasteiger partial charge in [-0.05, 0) is 24.3 Å². The number of unbranched alkanes of at least 4 members (excludes halogenated alkanes) is 2. The molecule has 0 unspecified atom stereocenters. The van der Waals surface area contributed by atoms with Gasteiger partial charge in [0.05, 0.1) is 13.0 Å². The fraction of sp³-hybridized carbons (Fsp3) is 0.650. The van der Waals surface area contributed by atoms with Gasteiger partial charge in [-0.1, -0.05) is 82.7 Å². The normalized spacial score (nSPS) is 10.9. The lowest BCUT2D eigenvalue weighted by Crippen LogP contribution is -2.10. The molecule has 0 aliphatic heterocycles. The van der Waals surface area contributed by atoms with Gasteiger partial charge in [-0.15, -0.1) is 0 Å². The van der Waals surface area contributed by atoms with Gasteiger partial charge in [-0.2, -0.15) is 0 Å². The first kappa shape index (κ1) is 18.7. The third-order valence-electron chi connectivity index (χ3n) is 4.14. The van der Waals surface area contributed by atoms with E-state index in [0.717, 1.165) is 17.9 Å². The van der Waals surface area contributed by atoms with Crippen molar-refractivity contribution in [3.63, 3.8) is 0 Å². The van der Waals surface area contributed by atoms with E-state index in [4.69, 9.17) is 4.74 Å². The smallest absolute Gasteiger partial charge is 0.310 e. The number of carbonyl (C=O) groups is 1. The predicted molar refractivity (Wildman–Crippen MR) is 92.9 cm³/mol. The highest BCUT2D eigenvalue weighted by Gasteiger charge is 2.09. The highest BCUT2D eigenvalue weighted by molar-refractivity contribution is 5.72. The molecule has 0 atom stereocenters. The molecule has 0 N–H and O–H groups in total. The molecule has 0 bridgehead atoms. The summed E-state index contributed by atoms with van der Waals surface area (Å²) in [6.07, 6.45) is 10.4. The van der Waals surface area contributed by atoms with Crippen molar-refractivity contribution in [1.29, 1.82) is 0 Å². The van der Waals surface area contributed by atoms with Gasteiger partial charge in [0.25, 0.3) is 0 Å². The summed E-state index contributed by atoms with van der Waals surface area (Å²) in [6.45, 7) is 5.07. The Kier molecular flexibility index (Phi) is 10.4. The average Bonchev–Trinajstić information content (AvgIpc) is 2.54. The molecular weight excluding hydrogens is 272 g/mol. The fourth-order valence-corrected chi connectivity index (χ4v) is 2.79. The number of hydrogen-bond donors (Lipinski definition) is 0. The fourth-order valence-electron chi connectivity index (χ4n) is 2.79. The van der Waals surface area contributed by atoms with Crippen LogP contribution in [0.2, 0.25) is 0 Å². The van der Waals surface area contributed by atoms with Gasteiger partial charge >= 0.3 is 5.97 Å². The quantitative estimate of drug-likeness (QED) is 0.374. The largest absolute Gasteiger partial charge is 0.465 e. The molecule has 124 valence electrons. The first-order valence-corrected chi connectivity index (χ1v) is 8.95. The van der Waals surface area contributed by atoms with Crippen LogP contribution in [0.1, 0.15) is 70.8 Å². The molecular formula is C20H32O2. The lowest BCUT2D eigenvalue weighted by Gasteiger charge is -2.16. The summed E-state index contributed by atoms with van der Waals surface area (Å²) in [4.78, 5) is 11.8. The van der Waals surface area contributed by atoms with E-state index in [1.165, 1.54) is 44.9 Å². The zero-order chi connectivity index (χ0) is 16.0. The first-order valence-electron chi connectivity index (χ1n) is 8.95. The molecule has 0 aliphatic rings. The van der Waals surface area contributed by atoms with Gasteiger partial charge in [-0.25, -0.2) is 0 Å². The van der Waals surface area contributed by atoms with Crippen LogP contribution in [0.4, 0.5) is 0 Å². The van der Waals surface area contributed by atoms with E-state index in [2.05, 4.69) is 13.8 Å². The summed E-state index contributed by atoms with van der Waals surface area (Å²) in [5, 5.41) is 0. The number of carbonyl (C=O) groups excluding carboxylic acids is 1. The predicted octanol–water partition coefficient (Wildman–Crippen LogP) is 5.55. The molecule has 1 aromatic rings. The van der Waals surface area contributed by atoms with Gasteiger partial charge in [0.15, 0.2) is 0 Å². The second-order valence-electron chi connectivity index (χ2n) is 6.18. The van der Waals surface area contributed by atoms with Crippen LogP contribution >= 0.6 is 0 Å². The molecule has 1 rings (SSSR count). The maximum Gasteiger partial charge on any atom is 0.310 e. The SMILES string of the molecule is CCCCC(CCCC)CCCOC(=O)Cc1ccccc1. The minimum atomic E-state index is -0.107. The second-order valence-corrected chi connectivity index (χ2v) is 6.18. The summed E-state index contributed by atoms with van der Waals surface area (Å²) in [7, 11) is 0. The monoisotopic (exact) mass is 304 g/mol. The Morgan fingerprint density at radius 3 is 2.14 bits per heavy atom. The Labute approximate surface area is 136 Å². The van der Waals surface area contributed by atoms with E-state index in [-0.39, 0.29) is 5.97 Å². The molecule has 0 radical (unpaired) electrons. The minimum Gasteiger partial charge on any atom is -0.465 e. The van der Waals surface area contributed by atoms with Crippen molar-refractivity contribution < 1.29 is 9.53 Å². The number of hydrogen-bond acceptors (Lipinski definition) is 2. The van der Waals surface area contributed by atoms with E-state index in [9.17, 15) is 4.79 Å². The van der Waals surface area contributed by atoms with Crippen molar-refractivity contribution in [3.05, 3.63) is 35.9 Å². The first-order chi connectivity index (χ1) is 10.8. The number of rotatable bonds is 12. The van der Waals surface area contributed by atoms with Gasteiger partial charge in [0, 0.05) is 0 Å². The maximum atomic E-state index is 11.8. The Morgan fingerprint density at radius 2 is 1.55 bits per heavy atom. The number of esters is 1. The summed E-state index contributed by atoms with van der Waals surface area (Å²) in [5.74, 6) is 0.706. The lowest BCUT2D eigenvalue weighted by atomic mass is 9.92. The standard InChI is InChI=1S/C20H32O2/c1-3-5-11-18(12-6-4-2)15-10-16-22-20(21)17-19-13-8-7-9-14-19/h7-9,13-14,18H,3-6,10-12,15-17H2,1-2H3. The van der Waals surface area contributed by atoms with E-state index in [0.29, 0.717) is 13.0 Å². The molecule has 22 heavy (non-hydrogen) atoms. The highest BCUT2D eigenvalue weighted by atomic mass is 16.5. The maximum absolute atomic E-state index is 11.8. The zero-order valence-electron chi connectivity index (χ0n) is 14.4. The zero-order valence-corrected chi connectivity index (χ0v) is 14.4.